The summed E-state index contributed by atoms with van der Waals surface area (Å²) in [5.41, 5.74) is 3.56. The van der Waals surface area contributed by atoms with Gasteiger partial charge in [0, 0.05) is 10.5 Å². The fraction of sp³-hybridized carbons (Fsp3) is 0.400. The fourth-order valence-corrected chi connectivity index (χ4v) is 1.92. The SMILES string of the molecule is CCCC(NN)c1cc(F)ccc1Br. The summed E-state index contributed by atoms with van der Waals surface area (Å²) in [6, 6.07) is 4.63. The van der Waals surface area contributed by atoms with Crippen LogP contribution in [0.5, 0.6) is 0 Å². The largest absolute Gasteiger partial charge is 0.271 e. The summed E-state index contributed by atoms with van der Waals surface area (Å²) in [6.45, 7) is 2.07. The Hall–Kier alpha value is -0.450. The molecule has 0 amide bonds. The fourth-order valence-electron chi connectivity index (χ4n) is 1.40. The maximum atomic E-state index is 13.0. The highest BCUT2D eigenvalue weighted by Crippen LogP contribution is 2.26. The molecule has 4 heteroatoms. The topological polar surface area (TPSA) is 38.0 Å². The van der Waals surface area contributed by atoms with Crippen LogP contribution in [0.2, 0.25) is 0 Å². The third-order valence-electron chi connectivity index (χ3n) is 2.11. The molecule has 0 aliphatic heterocycles. The van der Waals surface area contributed by atoms with Gasteiger partial charge in [-0.25, -0.2) is 4.39 Å². The van der Waals surface area contributed by atoms with Gasteiger partial charge in [-0.1, -0.05) is 29.3 Å². The summed E-state index contributed by atoms with van der Waals surface area (Å²) in [6.07, 6.45) is 1.89. The van der Waals surface area contributed by atoms with Crippen molar-refractivity contribution < 1.29 is 4.39 Å². The predicted molar refractivity (Wildman–Crippen MR) is 59.1 cm³/mol. The first-order chi connectivity index (χ1) is 6.69. The van der Waals surface area contributed by atoms with Crippen molar-refractivity contribution >= 4 is 15.9 Å². The molecule has 0 spiro atoms. The van der Waals surface area contributed by atoms with Crippen LogP contribution in [-0.4, -0.2) is 0 Å². The van der Waals surface area contributed by atoms with Gasteiger partial charge in [0.1, 0.15) is 5.82 Å². The number of nitrogens with two attached hydrogens (primary N) is 1. The zero-order valence-corrected chi connectivity index (χ0v) is 9.64. The number of nitrogens with one attached hydrogen (secondary N) is 1. The lowest BCUT2D eigenvalue weighted by Crippen LogP contribution is -2.28. The number of hydrogen-bond donors (Lipinski definition) is 2. The summed E-state index contributed by atoms with van der Waals surface area (Å²) >= 11 is 3.38. The van der Waals surface area contributed by atoms with E-state index in [0.29, 0.717) is 0 Å². The van der Waals surface area contributed by atoms with Crippen molar-refractivity contribution in [3.8, 4) is 0 Å². The maximum absolute atomic E-state index is 13.0. The zero-order valence-electron chi connectivity index (χ0n) is 8.06. The molecule has 1 aromatic rings. The summed E-state index contributed by atoms with van der Waals surface area (Å²) in [5, 5.41) is 0. The van der Waals surface area contributed by atoms with E-state index in [4.69, 9.17) is 5.84 Å². The minimum absolute atomic E-state index is 0.00470. The van der Waals surface area contributed by atoms with Gasteiger partial charge in [0.15, 0.2) is 0 Å². The molecule has 78 valence electrons. The third-order valence-corrected chi connectivity index (χ3v) is 2.83. The molecule has 3 N–H and O–H groups in total. The molecule has 1 unspecified atom stereocenters. The molecule has 0 aromatic heterocycles. The van der Waals surface area contributed by atoms with Gasteiger partial charge >= 0.3 is 0 Å². The van der Waals surface area contributed by atoms with Crippen molar-refractivity contribution in [1.82, 2.24) is 5.43 Å². The minimum atomic E-state index is -0.237. The first kappa shape index (κ1) is 11.6. The van der Waals surface area contributed by atoms with E-state index in [1.165, 1.54) is 12.1 Å². The van der Waals surface area contributed by atoms with Crippen LogP contribution < -0.4 is 11.3 Å². The molecule has 0 fully saturated rings. The van der Waals surface area contributed by atoms with E-state index in [0.717, 1.165) is 22.9 Å². The van der Waals surface area contributed by atoms with Crippen LogP contribution in [0.25, 0.3) is 0 Å². The summed E-state index contributed by atoms with van der Waals surface area (Å²) in [5.74, 6) is 5.18. The standard InChI is InChI=1S/C10H14BrFN2/c1-2-3-10(14-13)8-6-7(12)4-5-9(8)11/h4-6,10,14H,2-3,13H2,1H3. The number of halogens is 2. The molecule has 0 saturated carbocycles. The van der Waals surface area contributed by atoms with Gasteiger partial charge in [-0.05, 0) is 30.2 Å². The van der Waals surface area contributed by atoms with E-state index in [1.807, 2.05) is 0 Å². The molecule has 14 heavy (non-hydrogen) atoms. The average Bonchev–Trinajstić information content (AvgIpc) is 2.18. The molecular formula is C10H14BrFN2. The average molecular weight is 261 g/mol. The van der Waals surface area contributed by atoms with Gasteiger partial charge in [-0.2, -0.15) is 0 Å². The number of hydrogen-bond acceptors (Lipinski definition) is 2. The Morgan fingerprint density at radius 1 is 1.57 bits per heavy atom. The van der Waals surface area contributed by atoms with Crippen LogP contribution in [0.15, 0.2) is 22.7 Å². The molecule has 1 rings (SSSR count). The number of benzene rings is 1. The van der Waals surface area contributed by atoms with E-state index < -0.39 is 0 Å². The quantitative estimate of drug-likeness (QED) is 0.646. The molecule has 1 atom stereocenters. The molecule has 1 aromatic carbocycles. The van der Waals surface area contributed by atoms with Gasteiger partial charge in [-0.3, -0.25) is 11.3 Å². The van der Waals surface area contributed by atoms with Gasteiger partial charge < -0.3 is 0 Å². The van der Waals surface area contributed by atoms with Gasteiger partial charge in [0.05, 0.1) is 0 Å². The highest BCUT2D eigenvalue weighted by molar-refractivity contribution is 9.10. The predicted octanol–water partition coefficient (Wildman–Crippen LogP) is 2.89. The Morgan fingerprint density at radius 2 is 2.29 bits per heavy atom. The smallest absolute Gasteiger partial charge is 0.123 e. The van der Waals surface area contributed by atoms with Crippen molar-refractivity contribution in [3.05, 3.63) is 34.1 Å². The Bertz CT molecular complexity index is 304. The van der Waals surface area contributed by atoms with Crippen LogP contribution >= 0.6 is 15.9 Å². The van der Waals surface area contributed by atoms with Crippen LogP contribution in [-0.2, 0) is 0 Å². The molecule has 0 heterocycles. The lowest BCUT2D eigenvalue weighted by atomic mass is 10.0. The summed E-state index contributed by atoms with van der Waals surface area (Å²) in [4.78, 5) is 0. The number of hydrazine groups is 1. The summed E-state index contributed by atoms with van der Waals surface area (Å²) < 4.78 is 13.9. The molecular weight excluding hydrogens is 247 g/mol. The van der Waals surface area contributed by atoms with E-state index in [-0.39, 0.29) is 11.9 Å². The highest BCUT2D eigenvalue weighted by Gasteiger charge is 2.12. The Morgan fingerprint density at radius 3 is 2.86 bits per heavy atom. The Balaban J connectivity index is 2.96. The Labute approximate surface area is 91.8 Å². The number of rotatable bonds is 4. The van der Waals surface area contributed by atoms with Crippen LogP contribution in [0.3, 0.4) is 0 Å². The molecule has 2 nitrogen and oxygen atoms in total. The van der Waals surface area contributed by atoms with Gasteiger partial charge in [-0.15, -0.1) is 0 Å². The van der Waals surface area contributed by atoms with Crippen LogP contribution in [0, 0.1) is 5.82 Å². The van der Waals surface area contributed by atoms with Gasteiger partial charge in [0.25, 0.3) is 0 Å². The van der Waals surface area contributed by atoms with Crippen molar-refractivity contribution in [2.75, 3.05) is 0 Å². The second-order valence-electron chi connectivity index (χ2n) is 3.17. The van der Waals surface area contributed by atoms with Gasteiger partial charge in [0.2, 0.25) is 0 Å². The molecule has 0 radical (unpaired) electrons. The maximum Gasteiger partial charge on any atom is 0.123 e. The molecule has 0 aliphatic rings. The third kappa shape index (κ3) is 2.77. The second kappa shape index (κ2) is 5.44. The monoisotopic (exact) mass is 260 g/mol. The Kier molecular flexibility index (Phi) is 4.51. The van der Waals surface area contributed by atoms with Crippen molar-refractivity contribution in [3.63, 3.8) is 0 Å². The lowest BCUT2D eigenvalue weighted by Gasteiger charge is -2.16. The molecule has 0 aliphatic carbocycles. The van der Waals surface area contributed by atoms with Crippen molar-refractivity contribution in [2.45, 2.75) is 25.8 Å². The molecule has 0 bridgehead atoms. The molecule has 0 saturated heterocycles. The van der Waals surface area contributed by atoms with Crippen LogP contribution in [0.1, 0.15) is 31.4 Å². The highest BCUT2D eigenvalue weighted by atomic mass is 79.9. The minimum Gasteiger partial charge on any atom is -0.271 e. The first-order valence-corrected chi connectivity index (χ1v) is 5.39. The van der Waals surface area contributed by atoms with Crippen LogP contribution in [0.4, 0.5) is 4.39 Å². The van der Waals surface area contributed by atoms with E-state index in [1.54, 1.807) is 6.07 Å². The van der Waals surface area contributed by atoms with E-state index in [9.17, 15) is 4.39 Å². The normalized spacial score (nSPS) is 12.9. The second-order valence-corrected chi connectivity index (χ2v) is 4.03. The zero-order chi connectivity index (χ0) is 10.6. The lowest BCUT2D eigenvalue weighted by molar-refractivity contribution is 0.504. The van der Waals surface area contributed by atoms with Crippen molar-refractivity contribution in [2.24, 2.45) is 5.84 Å². The van der Waals surface area contributed by atoms with E-state index >= 15 is 0 Å². The van der Waals surface area contributed by atoms with Crippen molar-refractivity contribution in [1.29, 1.82) is 0 Å². The first-order valence-electron chi connectivity index (χ1n) is 4.60. The summed E-state index contributed by atoms with van der Waals surface area (Å²) in [7, 11) is 0. The van der Waals surface area contributed by atoms with E-state index in [2.05, 4.69) is 28.3 Å².